The van der Waals surface area contributed by atoms with Gasteiger partial charge in [-0.1, -0.05) is 233 Å². The highest BCUT2D eigenvalue weighted by Crippen LogP contribution is 2.17. The molecule has 0 fully saturated rings. The zero-order chi connectivity index (χ0) is 40.3. The highest BCUT2D eigenvalue weighted by molar-refractivity contribution is 5.71. The van der Waals surface area contributed by atoms with Gasteiger partial charge in [-0.25, -0.2) is 0 Å². The fraction of sp³-hybridized carbons (Fsp3) is 0.939. The standard InChI is InChI=1S/C49H94O6/c1-5-7-9-11-13-14-15-16-17-18-22-25-29-33-37-41-48(51)54-44-46(43-53-47(50)40-36-32-27-12-10-8-6-2)55-49(52)42-38-34-30-26-23-20-19-21-24-28-31-35-39-45(3)4/h45-46H,5-44H2,1-4H3/t46-/m0/s1. The van der Waals surface area contributed by atoms with Crippen molar-refractivity contribution < 1.29 is 28.6 Å². The fourth-order valence-corrected chi connectivity index (χ4v) is 7.33. The Morgan fingerprint density at radius 3 is 0.891 bits per heavy atom. The van der Waals surface area contributed by atoms with E-state index in [-0.39, 0.29) is 31.1 Å². The lowest BCUT2D eigenvalue weighted by atomic mass is 10.0. The number of hydrogen-bond acceptors (Lipinski definition) is 6. The zero-order valence-corrected chi connectivity index (χ0v) is 37.4. The van der Waals surface area contributed by atoms with Gasteiger partial charge < -0.3 is 14.2 Å². The molecule has 0 aliphatic heterocycles. The summed E-state index contributed by atoms with van der Waals surface area (Å²) >= 11 is 0. The van der Waals surface area contributed by atoms with Gasteiger partial charge in [0, 0.05) is 19.3 Å². The second kappa shape index (κ2) is 43.5. The summed E-state index contributed by atoms with van der Waals surface area (Å²) in [6.45, 7) is 8.98. The van der Waals surface area contributed by atoms with Crippen molar-refractivity contribution in [1.29, 1.82) is 0 Å². The van der Waals surface area contributed by atoms with Gasteiger partial charge in [-0.2, -0.15) is 0 Å². The highest BCUT2D eigenvalue weighted by Gasteiger charge is 2.19. The van der Waals surface area contributed by atoms with E-state index in [2.05, 4.69) is 27.7 Å². The molecule has 0 heterocycles. The van der Waals surface area contributed by atoms with Gasteiger partial charge in [0.1, 0.15) is 13.2 Å². The number of hydrogen-bond donors (Lipinski definition) is 0. The molecule has 0 unspecified atom stereocenters. The van der Waals surface area contributed by atoms with E-state index in [9.17, 15) is 14.4 Å². The summed E-state index contributed by atoms with van der Waals surface area (Å²) in [4.78, 5) is 37.7. The minimum absolute atomic E-state index is 0.0635. The second-order valence-corrected chi connectivity index (χ2v) is 17.2. The molecule has 0 N–H and O–H groups in total. The Bertz CT molecular complexity index is 826. The molecule has 6 nitrogen and oxygen atoms in total. The number of esters is 3. The molecule has 6 heteroatoms. The lowest BCUT2D eigenvalue weighted by Gasteiger charge is -2.18. The Morgan fingerprint density at radius 1 is 0.345 bits per heavy atom. The van der Waals surface area contributed by atoms with Gasteiger partial charge >= 0.3 is 17.9 Å². The summed E-state index contributed by atoms with van der Waals surface area (Å²) in [6.07, 6.45) is 43.8. The van der Waals surface area contributed by atoms with Crippen molar-refractivity contribution in [3.8, 4) is 0 Å². The van der Waals surface area contributed by atoms with Crippen LogP contribution < -0.4 is 0 Å². The topological polar surface area (TPSA) is 78.9 Å². The van der Waals surface area contributed by atoms with Crippen LogP contribution in [-0.4, -0.2) is 37.2 Å². The van der Waals surface area contributed by atoms with Crippen molar-refractivity contribution in [3.63, 3.8) is 0 Å². The van der Waals surface area contributed by atoms with Crippen LogP contribution in [-0.2, 0) is 28.6 Å². The Morgan fingerprint density at radius 2 is 0.600 bits per heavy atom. The number of rotatable bonds is 44. The van der Waals surface area contributed by atoms with E-state index in [0.29, 0.717) is 19.3 Å². The van der Waals surface area contributed by atoms with Crippen LogP contribution in [0.5, 0.6) is 0 Å². The number of carbonyl (C=O) groups excluding carboxylic acids is 3. The van der Waals surface area contributed by atoms with Crippen LogP contribution in [0.4, 0.5) is 0 Å². The molecule has 0 rings (SSSR count). The van der Waals surface area contributed by atoms with E-state index < -0.39 is 6.10 Å². The van der Waals surface area contributed by atoms with Crippen LogP contribution in [0.2, 0.25) is 0 Å². The van der Waals surface area contributed by atoms with E-state index >= 15 is 0 Å². The van der Waals surface area contributed by atoms with Crippen LogP contribution in [0.1, 0.15) is 272 Å². The van der Waals surface area contributed by atoms with Crippen LogP contribution in [0.15, 0.2) is 0 Å². The van der Waals surface area contributed by atoms with Crippen molar-refractivity contribution in [3.05, 3.63) is 0 Å². The Kier molecular flexibility index (Phi) is 42.3. The lowest BCUT2D eigenvalue weighted by molar-refractivity contribution is -0.167. The minimum Gasteiger partial charge on any atom is -0.462 e. The largest absolute Gasteiger partial charge is 0.462 e. The molecule has 1 atom stereocenters. The van der Waals surface area contributed by atoms with Gasteiger partial charge in [-0.05, 0) is 25.2 Å². The fourth-order valence-electron chi connectivity index (χ4n) is 7.33. The normalized spacial score (nSPS) is 11.9. The van der Waals surface area contributed by atoms with E-state index in [1.807, 2.05) is 0 Å². The zero-order valence-electron chi connectivity index (χ0n) is 37.4. The summed E-state index contributed by atoms with van der Waals surface area (Å²) in [7, 11) is 0. The molecule has 0 amide bonds. The average Bonchev–Trinajstić information content (AvgIpc) is 3.17. The predicted octanol–water partition coefficient (Wildman–Crippen LogP) is 15.5. The third-order valence-electron chi connectivity index (χ3n) is 11.0. The maximum atomic E-state index is 12.7. The number of carbonyl (C=O) groups is 3. The quantitative estimate of drug-likeness (QED) is 0.0348. The molecule has 0 radical (unpaired) electrons. The molecule has 0 aromatic heterocycles. The minimum atomic E-state index is -0.759. The van der Waals surface area contributed by atoms with Gasteiger partial charge in [0.25, 0.3) is 0 Å². The molecule has 55 heavy (non-hydrogen) atoms. The average molecular weight is 779 g/mol. The SMILES string of the molecule is CCCCCCCCCCCCCCCCCC(=O)OC[C@H](COC(=O)CCCCCCCCC)OC(=O)CCCCCCCCCCCCCCC(C)C. The Balaban J connectivity index is 4.23. The summed E-state index contributed by atoms with van der Waals surface area (Å²) < 4.78 is 16.7. The molecule has 0 saturated carbocycles. The molecule has 0 spiro atoms. The second-order valence-electron chi connectivity index (χ2n) is 17.2. The van der Waals surface area contributed by atoms with Crippen LogP contribution in [0.25, 0.3) is 0 Å². The first kappa shape index (κ1) is 53.4. The van der Waals surface area contributed by atoms with Crippen LogP contribution in [0.3, 0.4) is 0 Å². The van der Waals surface area contributed by atoms with Gasteiger partial charge in [0.2, 0.25) is 0 Å². The molecule has 0 aromatic rings. The Hall–Kier alpha value is -1.59. The van der Waals surface area contributed by atoms with Crippen LogP contribution >= 0.6 is 0 Å². The van der Waals surface area contributed by atoms with Crippen LogP contribution in [0, 0.1) is 5.92 Å². The lowest BCUT2D eigenvalue weighted by Crippen LogP contribution is -2.30. The molecule has 0 bridgehead atoms. The maximum absolute atomic E-state index is 12.7. The molecular weight excluding hydrogens is 685 g/mol. The third kappa shape index (κ3) is 43.4. The van der Waals surface area contributed by atoms with Gasteiger partial charge in [-0.3, -0.25) is 14.4 Å². The molecule has 0 aliphatic carbocycles. The van der Waals surface area contributed by atoms with E-state index in [1.165, 1.54) is 167 Å². The monoisotopic (exact) mass is 779 g/mol. The van der Waals surface area contributed by atoms with Gasteiger partial charge in [0.15, 0.2) is 6.10 Å². The van der Waals surface area contributed by atoms with Crippen molar-refractivity contribution in [1.82, 2.24) is 0 Å². The van der Waals surface area contributed by atoms with Crippen molar-refractivity contribution >= 4 is 17.9 Å². The van der Waals surface area contributed by atoms with Crippen molar-refractivity contribution in [2.75, 3.05) is 13.2 Å². The van der Waals surface area contributed by atoms with Crippen molar-refractivity contribution in [2.24, 2.45) is 5.92 Å². The smallest absolute Gasteiger partial charge is 0.306 e. The van der Waals surface area contributed by atoms with E-state index in [0.717, 1.165) is 63.7 Å². The first-order valence-electron chi connectivity index (χ1n) is 24.4. The summed E-state index contributed by atoms with van der Waals surface area (Å²) in [6, 6.07) is 0. The molecule has 0 aromatic carbocycles. The van der Waals surface area contributed by atoms with Crippen molar-refractivity contribution in [2.45, 2.75) is 278 Å². The number of ether oxygens (including phenoxy) is 3. The summed E-state index contributed by atoms with van der Waals surface area (Å²) in [5, 5.41) is 0. The predicted molar refractivity (Wildman–Crippen MR) is 233 cm³/mol. The highest BCUT2D eigenvalue weighted by atomic mass is 16.6. The number of unbranched alkanes of at least 4 members (excludes halogenated alkanes) is 31. The first-order chi connectivity index (χ1) is 26.9. The van der Waals surface area contributed by atoms with Gasteiger partial charge in [-0.15, -0.1) is 0 Å². The maximum Gasteiger partial charge on any atom is 0.306 e. The first-order valence-corrected chi connectivity index (χ1v) is 24.4. The van der Waals surface area contributed by atoms with E-state index in [1.54, 1.807) is 0 Å². The Labute approximate surface area is 342 Å². The molecule has 0 aliphatic rings. The third-order valence-corrected chi connectivity index (χ3v) is 11.0. The summed E-state index contributed by atoms with van der Waals surface area (Å²) in [5.74, 6) is -0.0229. The molecular formula is C49H94O6. The molecule has 326 valence electrons. The molecule has 0 saturated heterocycles. The van der Waals surface area contributed by atoms with Gasteiger partial charge in [0.05, 0.1) is 0 Å². The van der Waals surface area contributed by atoms with E-state index in [4.69, 9.17) is 14.2 Å². The summed E-state index contributed by atoms with van der Waals surface area (Å²) in [5.41, 5.74) is 0.